The summed E-state index contributed by atoms with van der Waals surface area (Å²) in [5, 5.41) is 6.75. The molecule has 1 aromatic carbocycles. The van der Waals surface area contributed by atoms with E-state index >= 15 is 0 Å². The van der Waals surface area contributed by atoms with Crippen LogP contribution < -0.4 is 5.32 Å². The van der Waals surface area contributed by atoms with Crippen molar-refractivity contribution in [2.24, 2.45) is 0 Å². The van der Waals surface area contributed by atoms with Gasteiger partial charge in [-0.15, -0.1) is 0 Å². The molecule has 130 valence electrons. The number of oxazole rings is 1. The van der Waals surface area contributed by atoms with Crippen molar-refractivity contribution in [2.75, 3.05) is 5.32 Å². The van der Waals surface area contributed by atoms with E-state index < -0.39 is 0 Å². The number of benzene rings is 1. The molecule has 0 fully saturated rings. The Morgan fingerprint density at radius 1 is 1.15 bits per heavy atom. The number of anilines is 1. The smallest absolute Gasteiger partial charge is 0.227 e. The van der Waals surface area contributed by atoms with Crippen LogP contribution in [0.2, 0.25) is 0 Å². The number of hydrogen-bond acceptors (Lipinski definition) is 7. The minimum absolute atomic E-state index is 0.149. The first-order valence-electron chi connectivity index (χ1n) is 8.07. The normalized spacial score (nSPS) is 11.0. The fraction of sp³-hybridized carbons (Fsp3) is 0.167. The van der Waals surface area contributed by atoms with E-state index in [1.54, 1.807) is 49.6 Å². The average molecular weight is 349 g/mol. The standard InChI is InChI=1S/C18H15N5O3/c1-11-20-14-3-2-13(10-15(14)25-11)21-16(24)4-5-17-22-18(23-26-17)12-6-8-19-9-7-12/h2-3,6-10H,4-5H2,1H3,(H,21,24). The molecule has 0 aliphatic rings. The summed E-state index contributed by atoms with van der Waals surface area (Å²) in [5.41, 5.74) is 2.87. The van der Waals surface area contributed by atoms with E-state index in [-0.39, 0.29) is 12.3 Å². The summed E-state index contributed by atoms with van der Waals surface area (Å²) in [6.07, 6.45) is 3.90. The predicted molar refractivity (Wildman–Crippen MR) is 93.2 cm³/mol. The molecule has 1 amide bonds. The molecular weight excluding hydrogens is 334 g/mol. The second kappa shape index (κ2) is 6.75. The molecule has 0 saturated carbocycles. The first-order valence-corrected chi connectivity index (χ1v) is 8.07. The van der Waals surface area contributed by atoms with E-state index in [0.29, 0.717) is 35.3 Å². The highest BCUT2D eigenvalue weighted by Crippen LogP contribution is 2.20. The monoisotopic (exact) mass is 349 g/mol. The third-order valence-electron chi connectivity index (χ3n) is 3.75. The van der Waals surface area contributed by atoms with E-state index in [9.17, 15) is 4.79 Å². The molecule has 4 aromatic rings. The molecular formula is C18H15N5O3. The molecule has 8 heteroatoms. The SMILES string of the molecule is Cc1nc2ccc(NC(=O)CCc3nc(-c4ccncc4)no3)cc2o1. The van der Waals surface area contributed by atoms with Crippen molar-refractivity contribution in [1.29, 1.82) is 0 Å². The number of hydrogen-bond donors (Lipinski definition) is 1. The van der Waals surface area contributed by atoms with Crippen molar-refractivity contribution in [2.45, 2.75) is 19.8 Å². The van der Waals surface area contributed by atoms with Crippen LogP contribution in [0.3, 0.4) is 0 Å². The molecule has 0 radical (unpaired) electrons. The van der Waals surface area contributed by atoms with Crippen LogP contribution in [0.25, 0.3) is 22.5 Å². The number of nitrogens with one attached hydrogen (secondary N) is 1. The molecule has 3 aromatic heterocycles. The lowest BCUT2D eigenvalue weighted by atomic mass is 10.2. The summed E-state index contributed by atoms with van der Waals surface area (Å²) in [4.78, 5) is 24.6. The highest BCUT2D eigenvalue weighted by molar-refractivity contribution is 5.92. The van der Waals surface area contributed by atoms with E-state index in [0.717, 1.165) is 11.1 Å². The third kappa shape index (κ3) is 3.44. The molecule has 0 unspecified atom stereocenters. The zero-order chi connectivity index (χ0) is 17.9. The summed E-state index contributed by atoms with van der Waals surface area (Å²) in [7, 11) is 0. The van der Waals surface area contributed by atoms with Gasteiger partial charge in [0.25, 0.3) is 0 Å². The highest BCUT2D eigenvalue weighted by Gasteiger charge is 2.11. The number of rotatable bonds is 5. The van der Waals surface area contributed by atoms with Gasteiger partial charge in [-0.1, -0.05) is 5.16 Å². The first kappa shape index (κ1) is 15.9. The number of pyridine rings is 1. The van der Waals surface area contributed by atoms with E-state index in [2.05, 4.69) is 25.4 Å². The lowest BCUT2D eigenvalue weighted by Gasteiger charge is -2.03. The van der Waals surface area contributed by atoms with Gasteiger partial charge in [-0.05, 0) is 24.3 Å². The van der Waals surface area contributed by atoms with Gasteiger partial charge in [-0.2, -0.15) is 4.98 Å². The largest absolute Gasteiger partial charge is 0.441 e. The quantitative estimate of drug-likeness (QED) is 0.589. The molecule has 26 heavy (non-hydrogen) atoms. The Hall–Kier alpha value is -3.55. The molecule has 0 aliphatic heterocycles. The second-order valence-corrected chi connectivity index (χ2v) is 5.71. The van der Waals surface area contributed by atoms with Crippen LogP contribution in [-0.4, -0.2) is 26.0 Å². The topological polar surface area (TPSA) is 107 Å². The number of amides is 1. The Kier molecular flexibility index (Phi) is 4.14. The Balaban J connectivity index is 1.37. The summed E-state index contributed by atoms with van der Waals surface area (Å²) in [5.74, 6) is 1.33. The summed E-state index contributed by atoms with van der Waals surface area (Å²) in [6, 6.07) is 8.93. The molecule has 4 rings (SSSR count). The molecule has 0 atom stereocenters. The van der Waals surface area contributed by atoms with Gasteiger partial charge >= 0.3 is 0 Å². The maximum atomic E-state index is 12.1. The zero-order valence-corrected chi connectivity index (χ0v) is 14.0. The van der Waals surface area contributed by atoms with Gasteiger partial charge in [-0.3, -0.25) is 9.78 Å². The summed E-state index contributed by atoms with van der Waals surface area (Å²) < 4.78 is 10.7. The van der Waals surface area contributed by atoms with Crippen molar-refractivity contribution in [3.8, 4) is 11.4 Å². The van der Waals surface area contributed by atoms with Crippen LogP contribution >= 0.6 is 0 Å². The summed E-state index contributed by atoms with van der Waals surface area (Å²) >= 11 is 0. The predicted octanol–water partition coefficient (Wildman–Crippen LogP) is 3.15. The summed E-state index contributed by atoms with van der Waals surface area (Å²) in [6.45, 7) is 1.78. The van der Waals surface area contributed by atoms with Gasteiger partial charge in [0, 0.05) is 49.5 Å². The molecule has 1 N–H and O–H groups in total. The Morgan fingerprint density at radius 3 is 2.85 bits per heavy atom. The molecule has 3 heterocycles. The third-order valence-corrected chi connectivity index (χ3v) is 3.75. The van der Waals surface area contributed by atoms with Crippen LogP contribution in [0.1, 0.15) is 18.2 Å². The van der Waals surface area contributed by atoms with E-state index in [1.807, 2.05) is 0 Å². The fourth-order valence-corrected chi connectivity index (χ4v) is 2.54. The van der Waals surface area contributed by atoms with Crippen LogP contribution in [0.15, 0.2) is 51.7 Å². The number of aryl methyl sites for hydroxylation is 2. The van der Waals surface area contributed by atoms with Crippen molar-refractivity contribution in [1.82, 2.24) is 20.1 Å². The van der Waals surface area contributed by atoms with Crippen molar-refractivity contribution < 1.29 is 13.7 Å². The zero-order valence-electron chi connectivity index (χ0n) is 14.0. The van der Waals surface area contributed by atoms with Gasteiger partial charge in [0.05, 0.1) is 0 Å². The van der Waals surface area contributed by atoms with Gasteiger partial charge in [0.1, 0.15) is 5.52 Å². The maximum Gasteiger partial charge on any atom is 0.227 e. The second-order valence-electron chi connectivity index (χ2n) is 5.71. The number of aromatic nitrogens is 4. The van der Waals surface area contributed by atoms with Crippen LogP contribution in [0.4, 0.5) is 5.69 Å². The van der Waals surface area contributed by atoms with E-state index in [1.165, 1.54) is 0 Å². The average Bonchev–Trinajstić information content (AvgIpc) is 3.26. The lowest BCUT2D eigenvalue weighted by Crippen LogP contribution is -2.12. The first-order chi connectivity index (χ1) is 12.7. The van der Waals surface area contributed by atoms with Crippen LogP contribution in [-0.2, 0) is 11.2 Å². The number of fused-ring (bicyclic) bond motifs is 1. The van der Waals surface area contributed by atoms with Crippen LogP contribution in [0, 0.1) is 6.92 Å². The number of carbonyl (C=O) groups is 1. The molecule has 0 aliphatic carbocycles. The van der Waals surface area contributed by atoms with Gasteiger partial charge < -0.3 is 14.3 Å². The Bertz CT molecular complexity index is 1060. The Morgan fingerprint density at radius 2 is 2.00 bits per heavy atom. The van der Waals surface area contributed by atoms with Gasteiger partial charge in [-0.25, -0.2) is 4.98 Å². The maximum absolute atomic E-state index is 12.1. The van der Waals surface area contributed by atoms with E-state index in [4.69, 9.17) is 8.94 Å². The van der Waals surface area contributed by atoms with Gasteiger partial charge in [0.15, 0.2) is 11.5 Å². The number of carbonyl (C=O) groups excluding carboxylic acids is 1. The van der Waals surface area contributed by atoms with Crippen LogP contribution in [0.5, 0.6) is 0 Å². The molecule has 0 bridgehead atoms. The molecule has 0 saturated heterocycles. The van der Waals surface area contributed by atoms with Crippen molar-refractivity contribution in [3.63, 3.8) is 0 Å². The lowest BCUT2D eigenvalue weighted by molar-refractivity contribution is -0.116. The fourth-order valence-electron chi connectivity index (χ4n) is 2.54. The minimum Gasteiger partial charge on any atom is -0.441 e. The molecule has 8 nitrogen and oxygen atoms in total. The minimum atomic E-state index is -0.149. The Labute approximate surface area is 148 Å². The number of nitrogens with zero attached hydrogens (tertiary/aromatic N) is 4. The van der Waals surface area contributed by atoms with Crippen molar-refractivity contribution >= 4 is 22.7 Å². The van der Waals surface area contributed by atoms with Gasteiger partial charge in [0.2, 0.25) is 17.6 Å². The highest BCUT2D eigenvalue weighted by atomic mass is 16.5. The van der Waals surface area contributed by atoms with Crippen molar-refractivity contribution in [3.05, 3.63) is 54.5 Å². The molecule has 0 spiro atoms.